The number of rotatable bonds is 5. The zero-order valence-corrected chi connectivity index (χ0v) is 16.4. The van der Waals surface area contributed by atoms with Crippen molar-refractivity contribution in [2.45, 2.75) is 50.8 Å². The molecule has 1 unspecified atom stereocenters. The Balaban J connectivity index is 1.66. The van der Waals surface area contributed by atoms with E-state index in [-0.39, 0.29) is 6.10 Å². The van der Waals surface area contributed by atoms with Gasteiger partial charge >= 0.3 is 0 Å². The molecule has 0 amide bonds. The maximum atomic E-state index is 13.4. The first-order valence-corrected chi connectivity index (χ1v) is 10.6. The lowest BCUT2D eigenvalue weighted by atomic mass is 10.3. The number of hydrogen-bond acceptors (Lipinski definition) is 4. The summed E-state index contributed by atoms with van der Waals surface area (Å²) in [5.74, 6) is 0.648. The van der Waals surface area contributed by atoms with Crippen molar-refractivity contribution in [2.24, 2.45) is 13.0 Å². The zero-order valence-electron chi connectivity index (χ0n) is 15.6. The monoisotopic (exact) mass is 378 g/mol. The van der Waals surface area contributed by atoms with E-state index in [0.29, 0.717) is 41.8 Å². The van der Waals surface area contributed by atoms with Crippen molar-refractivity contribution in [3.05, 3.63) is 35.4 Å². The van der Waals surface area contributed by atoms with Crippen molar-refractivity contribution in [3.63, 3.8) is 0 Å². The van der Waals surface area contributed by atoms with E-state index in [1.54, 1.807) is 29.9 Å². The van der Waals surface area contributed by atoms with Crippen LogP contribution < -0.4 is 0 Å². The fourth-order valence-electron chi connectivity index (χ4n) is 3.62. The minimum absolute atomic E-state index is 0.142. The van der Waals surface area contributed by atoms with E-state index in [1.807, 2.05) is 18.3 Å². The summed E-state index contributed by atoms with van der Waals surface area (Å²) in [7, 11) is -1.87. The van der Waals surface area contributed by atoms with Crippen LogP contribution in [0.1, 0.15) is 29.9 Å². The first-order chi connectivity index (χ1) is 12.4. The summed E-state index contributed by atoms with van der Waals surface area (Å²) in [4.78, 5) is 0.320. The van der Waals surface area contributed by atoms with E-state index in [2.05, 4.69) is 9.67 Å². The summed E-state index contributed by atoms with van der Waals surface area (Å²) >= 11 is 0. The summed E-state index contributed by atoms with van der Waals surface area (Å²) in [5.41, 5.74) is 2.20. The molecule has 26 heavy (non-hydrogen) atoms. The van der Waals surface area contributed by atoms with E-state index in [1.165, 1.54) is 12.8 Å². The largest absolute Gasteiger partial charge is 0.375 e. The second-order valence-electron chi connectivity index (χ2n) is 7.47. The van der Waals surface area contributed by atoms with Gasteiger partial charge in [-0.1, -0.05) is 0 Å². The zero-order chi connectivity index (χ0) is 18.5. The Kier molecular flexibility index (Phi) is 4.45. The fraction of sp³-hybridized carbons (Fsp3) is 0.611. The average molecular weight is 378 g/mol. The first kappa shape index (κ1) is 17.8. The number of aromatic nitrogens is 3. The standard InChI is InChI=1S/C18H26N4O3S/c1-13-18(14(2)20(3)19-13)26(23,24)22-9-16-5-4-8-21(16)10-17(11-22)25-12-15-6-7-15/h4-5,8,15,17H,6-7,9-12H2,1-3H3. The summed E-state index contributed by atoms with van der Waals surface area (Å²) in [6.07, 6.45) is 4.30. The molecular weight excluding hydrogens is 352 g/mol. The molecule has 2 aromatic rings. The van der Waals surface area contributed by atoms with Crippen LogP contribution in [-0.4, -0.2) is 46.3 Å². The molecule has 8 heteroatoms. The molecule has 2 aliphatic rings. The molecular formula is C18H26N4O3S. The third-order valence-electron chi connectivity index (χ3n) is 5.37. The summed E-state index contributed by atoms with van der Waals surface area (Å²) in [6, 6.07) is 3.94. The summed E-state index contributed by atoms with van der Waals surface area (Å²) in [5, 5.41) is 4.29. The molecule has 4 rings (SSSR count). The van der Waals surface area contributed by atoms with Crippen molar-refractivity contribution < 1.29 is 13.2 Å². The Morgan fingerprint density at radius 1 is 1.27 bits per heavy atom. The van der Waals surface area contributed by atoms with E-state index in [4.69, 9.17) is 4.74 Å². The SMILES string of the molecule is Cc1nn(C)c(C)c1S(=O)(=O)N1Cc2cccn2CC(OCC2CC2)C1. The fourth-order valence-corrected chi connectivity index (χ4v) is 5.46. The lowest BCUT2D eigenvalue weighted by Crippen LogP contribution is -2.38. The molecule has 1 fully saturated rings. The molecule has 1 atom stereocenters. The van der Waals surface area contributed by atoms with E-state index in [0.717, 1.165) is 12.3 Å². The van der Waals surface area contributed by atoms with E-state index < -0.39 is 10.0 Å². The van der Waals surface area contributed by atoms with Gasteiger partial charge in [0.15, 0.2) is 0 Å². The first-order valence-electron chi connectivity index (χ1n) is 9.12. The molecule has 142 valence electrons. The van der Waals surface area contributed by atoms with Crippen LogP contribution in [0.25, 0.3) is 0 Å². The highest BCUT2D eigenvalue weighted by atomic mass is 32.2. The molecule has 1 aliphatic heterocycles. The normalized spacial score (nSPS) is 21.6. The van der Waals surface area contributed by atoms with Crippen molar-refractivity contribution in [3.8, 4) is 0 Å². The van der Waals surface area contributed by atoms with Crippen molar-refractivity contribution in [1.29, 1.82) is 0 Å². The number of fused-ring (bicyclic) bond motifs is 1. The molecule has 0 saturated heterocycles. The molecule has 0 aromatic carbocycles. The molecule has 1 saturated carbocycles. The number of sulfonamides is 1. The van der Waals surface area contributed by atoms with Gasteiger partial charge in [0, 0.05) is 38.6 Å². The minimum atomic E-state index is -3.65. The lowest BCUT2D eigenvalue weighted by molar-refractivity contribution is 0.0276. The van der Waals surface area contributed by atoms with Crippen LogP contribution in [-0.2, 0) is 34.9 Å². The minimum Gasteiger partial charge on any atom is -0.375 e. The van der Waals surface area contributed by atoms with Crippen molar-refractivity contribution >= 4 is 10.0 Å². The molecule has 0 spiro atoms. The highest BCUT2D eigenvalue weighted by Crippen LogP contribution is 2.31. The van der Waals surface area contributed by atoms with Crippen LogP contribution in [0.5, 0.6) is 0 Å². The van der Waals surface area contributed by atoms with Gasteiger partial charge in [-0.3, -0.25) is 4.68 Å². The highest BCUT2D eigenvalue weighted by Gasteiger charge is 2.35. The number of aryl methyl sites for hydroxylation is 2. The van der Waals surface area contributed by atoms with Gasteiger partial charge in [-0.15, -0.1) is 0 Å². The average Bonchev–Trinajstić information content (AvgIpc) is 3.28. The Labute approximate surface area is 154 Å². The molecule has 3 heterocycles. The molecule has 0 N–H and O–H groups in total. The predicted octanol–water partition coefficient (Wildman–Crippen LogP) is 1.84. The number of hydrogen-bond donors (Lipinski definition) is 0. The highest BCUT2D eigenvalue weighted by molar-refractivity contribution is 7.89. The molecule has 1 aliphatic carbocycles. The summed E-state index contributed by atoms with van der Waals surface area (Å²) < 4.78 is 38.2. The summed E-state index contributed by atoms with van der Waals surface area (Å²) in [6.45, 7) is 5.68. The second kappa shape index (κ2) is 6.51. The topological polar surface area (TPSA) is 69.4 Å². The molecule has 0 radical (unpaired) electrons. The molecule has 7 nitrogen and oxygen atoms in total. The number of ether oxygens (including phenoxy) is 1. The second-order valence-corrected chi connectivity index (χ2v) is 9.35. The van der Waals surface area contributed by atoms with Crippen LogP contribution >= 0.6 is 0 Å². The van der Waals surface area contributed by atoms with Crippen LogP contribution in [0.3, 0.4) is 0 Å². The Morgan fingerprint density at radius 2 is 2.04 bits per heavy atom. The lowest BCUT2D eigenvalue weighted by Gasteiger charge is -2.24. The van der Waals surface area contributed by atoms with Gasteiger partial charge in [0.05, 0.1) is 24.0 Å². The van der Waals surface area contributed by atoms with Gasteiger partial charge in [0.25, 0.3) is 0 Å². The maximum absolute atomic E-state index is 13.4. The van der Waals surface area contributed by atoms with Gasteiger partial charge in [0.2, 0.25) is 10.0 Å². The number of nitrogens with zero attached hydrogens (tertiary/aromatic N) is 4. The van der Waals surface area contributed by atoms with E-state index >= 15 is 0 Å². The quantitative estimate of drug-likeness (QED) is 0.796. The molecule has 0 bridgehead atoms. The Bertz CT molecular complexity index is 911. The van der Waals surface area contributed by atoms with E-state index in [9.17, 15) is 8.42 Å². The smallest absolute Gasteiger partial charge is 0.247 e. The van der Waals surface area contributed by atoms with Gasteiger partial charge < -0.3 is 9.30 Å². The predicted molar refractivity (Wildman–Crippen MR) is 97.2 cm³/mol. The van der Waals surface area contributed by atoms with Crippen LogP contribution in [0, 0.1) is 19.8 Å². The Hall–Kier alpha value is -1.64. The van der Waals surface area contributed by atoms with Gasteiger partial charge in [-0.2, -0.15) is 9.40 Å². The van der Waals surface area contributed by atoms with Crippen molar-refractivity contribution in [1.82, 2.24) is 18.7 Å². The Morgan fingerprint density at radius 3 is 2.69 bits per heavy atom. The van der Waals surface area contributed by atoms with Crippen LogP contribution in [0.15, 0.2) is 23.2 Å². The van der Waals surface area contributed by atoms with Crippen LogP contribution in [0.2, 0.25) is 0 Å². The van der Waals surface area contributed by atoms with Gasteiger partial charge in [-0.05, 0) is 44.7 Å². The maximum Gasteiger partial charge on any atom is 0.247 e. The van der Waals surface area contributed by atoms with Gasteiger partial charge in [0.1, 0.15) is 4.90 Å². The third kappa shape index (κ3) is 3.21. The third-order valence-corrected chi connectivity index (χ3v) is 7.44. The van der Waals surface area contributed by atoms with Gasteiger partial charge in [-0.25, -0.2) is 8.42 Å². The van der Waals surface area contributed by atoms with Crippen LogP contribution in [0.4, 0.5) is 0 Å². The van der Waals surface area contributed by atoms with Crippen molar-refractivity contribution in [2.75, 3.05) is 13.2 Å². The molecule has 2 aromatic heterocycles.